The van der Waals surface area contributed by atoms with Crippen molar-refractivity contribution in [3.05, 3.63) is 29.3 Å². The molecule has 1 aromatic rings. The smallest absolute Gasteiger partial charge is 0.235 e. The fourth-order valence-corrected chi connectivity index (χ4v) is 3.49. The van der Waals surface area contributed by atoms with Crippen LogP contribution in [0.5, 0.6) is 0 Å². The molecule has 2 saturated heterocycles. The molecule has 1 atom stereocenters. The highest BCUT2D eigenvalue weighted by Gasteiger charge is 2.37. The van der Waals surface area contributed by atoms with E-state index in [9.17, 15) is 4.79 Å². The minimum atomic E-state index is 0.0791. The second-order valence-corrected chi connectivity index (χ2v) is 5.84. The van der Waals surface area contributed by atoms with Crippen LogP contribution in [0.2, 0.25) is 5.02 Å². The van der Waals surface area contributed by atoms with Crippen molar-refractivity contribution in [2.24, 2.45) is 0 Å². The van der Waals surface area contributed by atoms with Gasteiger partial charge in [0.15, 0.2) is 5.11 Å². The van der Waals surface area contributed by atoms with Crippen LogP contribution in [0.3, 0.4) is 0 Å². The second-order valence-electron chi connectivity index (χ2n) is 5.04. The van der Waals surface area contributed by atoms with E-state index in [4.69, 9.17) is 23.8 Å². The van der Waals surface area contributed by atoms with Crippen molar-refractivity contribution < 1.29 is 4.79 Å². The maximum absolute atomic E-state index is 12.3. The van der Waals surface area contributed by atoms with E-state index in [1.54, 1.807) is 17.0 Å². The number of nitrogens with zero attached hydrogens (tertiary/aromatic N) is 2. The number of anilines is 1. The van der Waals surface area contributed by atoms with Crippen LogP contribution < -0.4 is 4.90 Å². The molecule has 0 N–H and O–H groups in total. The van der Waals surface area contributed by atoms with Gasteiger partial charge in [0, 0.05) is 24.0 Å². The lowest BCUT2D eigenvalue weighted by Gasteiger charge is -2.45. The van der Waals surface area contributed by atoms with Gasteiger partial charge in [-0.05, 0) is 49.7 Å². The Balaban J connectivity index is 1.93. The molecule has 3 rings (SSSR count). The van der Waals surface area contributed by atoms with Gasteiger partial charge in [-0.2, -0.15) is 0 Å². The van der Waals surface area contributed by atoms with Gasteiger partial charge < -0.3 is 4.90 Å². The molecule has 2 aliphatic heterocycles. The van der Waals surface area contributed by atoms with Crippen LogP contribution >= 0.6 is 23.8 Å². The van der Waals surface area contributed by atoms with Gasteiger partial charge in [-0.3, -0.25) is 9.69 Å². The summed E-state index contributed by atoms with van der Waals surface area (Å²) in [5.41, 5.74) is 0.770. The molecule has 0 spiro atoms. The summed E-state index contributed by atoms with van der Waals surface area (Å²) in [5.74, 6) is 0.0791. The van der Waals surface area contributed by atoms with Crippen molar-refractivity contribution >= 4 is 40.5 Å². The molecule has 5 heteroatoms. The van der Waals surface area contributed by atoms with Gasteiger partial charge in [0.05, 0.1) is 5.69 Å². The first-order valence-corrected chi connectivity index (χ1v) is 7.34. The number of fused-ring (bicyclic) bond motifs is 1. The van der Waals surface area contributed by atoms with Crippen LogP contribution in [0.4, 0.5) is 5.69 Å². The Morgan fingerprint density at radius 2 is 2.16 bits per heavy atom. The molecule has 0 bridgehead atoms. The number of thiocarbonyl (C=S) groups is 1. The Morgan fingerprint density at radius 3 is 2.95 bits per heavy atom. The Kier molecular flexibility index (Phi) is 3.46. The monoisotopic (exact) mass is 294 g/mol. The van der Waals surface area contributed by atoms with E-state index < -0.39 is 0 Å². The molecule has 3 nitrogen and oxygen atoms in total. The van der Waals surface area contributed by atoms with Crippen LogP contribution in [0, 0.1) is 0 Å². The van der Waals surface area contributed by atoms with Gasteiger partial charge >= 0.3 is 0 Å². The molecular weight excluding hydrogens is 280 g/mol. The summed E-state index contributed by atoms with van der Waals surface area (Å²) in [6.45, 7) is 0.952. The first kappa shape index (κ1) is 12.9. The van der Waals surface area contributed by atoms with Crippen LogP contribution in [0.15, 0.2) is 24.3 Å². The molecule has 0 saturated carbocycles. The van der Waals surface area contributed by atoms with Crippen LogP contribution in [0.25, 0.3) is 0 Å². The van der Waals surface area contributed by atoms with Crippen LogP contribution in [-0.2, 0) is 4.79 Å². The summed E-state index contributed by atoms with van der Waals surface area (Å²) in [6, 6.07) is 7.60. The number of benzene rings is 1. The Labute approximate surface area is 123 Å². The lowest BCUT2D eigenvalue weighted by atomic mass is 9.97. The van der Waals surface area contributed by atoms with Crippen molar-refractivity contribution in [3.8, 4) is 0 Å². The highest BCUT2D eigenvalue weighted by atomic mass is 35.5. The third-order valence-corrected chi connectivity index (χ3v) is 4.44. The van der Waals surface area contributed by atoms with E-state index in [-0.39, 0.29) is 5.91 Å². The van der Waals surface area contributed by atoms with Gasteiger partial charge in [-0.25, -0.2) is 0 Å². The average Bonchev–Trinajstić information content (AvgIpc) is 2.39. The lowest BCUT2D eigenvalue weighted by Crippen LogP contribution is -2.58. The van der Waals surface area contributed by atoms with Gasteiger partial charge in [-0.1, -0.05) is 17.7 Å². The highest BCUT2D eigenvalue weighted by molar-refractivity contribution is 7.80. The molecule has 2 aliphatic rings. The fraction of sp³-hybridized carbons (Fsp3) is 0.429. The fourth-order valence-electron chi connectivity index (χ4n) is 2.86. The molecule has 0 aliphatic carbocycles. The van der Waals surface area contributed by atoms with Crippen molar-refractivity contribution in [1.82, 2.24) is 4.90 Å². The molecule has 2 heterocycles. The molecule has 19 heavy (non-hydrogen) atoms. The first-order valence-electron chi connectivity index (χ1n) is 6.56. The second kappa shape index (κ2) is 5.10. The number of hydrogen-bond acceptors (Lipinski definition) is 2. The molecule has 0 radical (unpaired) electrons. The van der Waals surface area contributed by atoms with Gasteiger partial charge in [-0.15, -0.1) is 0 Å². The van der Waals surface area contributed by atoms with E-state index in [1.165, 1.54) is 6.42 Å². The predicted octanol–water partition coefficient (Wildman–Crippen LogP) is 3.22. The quantitative estimate of drug-likeness (QED) is 0.743. The average molecular weight is 295 g/mol. The van der Waals surface area contributed by atoms with E-state index in [1.807, 2.05) is 12.1 Å². The van der Waals surface area contributed by atoms with Gasteiger partial charge in [0.2, 0.25) is 5.91 Å². The van der Waals surface area contributed by atoms with Crippen LogP contribution in [0.1, 0.15) is 25.7 Å². The minimum absolute atomic E-state index is 0.0791. The maximum atomic E-state index is 12.3. The number of rotatable bonds is 1. The Morgan fingerprint density at radius 1 is 1.32 bits per heavy atom. The van der Waals surface area contributed by atoms with Crippen molar-refractivity contribution in [1.29, 1.82) is 0 Å². The molecule has 2 fully saturated rings. The lowest BCUT2D eigenvalue weighted by molar-refractivity contribution is -0.120. The number of carbonyl (C=O) groups is 1. The third-order valence-electron chi connectivity index (χ3n) is 3.79. The largest absolute Gasteiger partial charge is 0.345 e. The summed E-state index contributed by atoms with van der Waals surface area (Å²) in [6.07, 6.45) is 3.95. The zero-order valence-corrected chi connectivity index (χ0v) is 12.1. The topological polar surface area (TPSA) is 23.6 Å². The zero-order valence-electron chi connectivity index (χ0n) is 10.5. The summed E-state index contributed by atoms with van der Waals surface area (Å²) < 4.78 is 0. The summed E-state index contributed by atoms with van der Waals surface area (Å²) >= 11 is 11.5. The van der Waals surface area contributed by atoms with E-state index >= 15 is 0 Å². The molecular formula is C14H15ClN2OS. The minimum Gasteiger partial charge on any atom is -0.345 e. The standard InChI is InChI=1S/C14H15ClN2OS/c15-10-4-3-6-12(8-10)17-13(18)9-11-5-1-2-7-16(11)14(17)19/h3-4,6,8,11H,1-2,5,7,9H2. The van der Waals surface area contributed by atoms with Gasteiger partial charge in [0.1, 0.15) is 0 Å². The van der Waals surface area contributed by atoms with Gasteiger partial charge in [0.25, 0.3) is 0 Å². The van der Waals surface area contributed by atoms with Crippen LogP contribution in [-0.4, -0.2) is 28.5 Å². The zero-order chi connectivity index (χ0) is 13.4. The predicted molar refractivity (Wildman–Crippen MR) is 80.5 cm³/mol. The maximum Gasteiger partial charge on any atom is 0.235 e. The summed E-state index contributed by atoms with van der Waals surface area (Å²) in [4.78, 5) is 16.2. The summed E-state index contributed by atoms with van der Waals surface area (Å²) in [7, 11) is 0. The Bertz CT molecular complexity index is 534. The van der Waals surface area contributed by atoms with Crippen molar-refractivity contribution in [2.45, 2.75) is 31.7 Å². The number of amides is 1. The molecule has 100 valence electrons. The van der Waals surface area contributed by atoms with E-state index in [2.05, 4.69) is 4.90 Å². The SMILES string of the molecule is O=C1CC2CCCCN2C(=S)N1c1cccc(Cl)c1. The summed E-state index contributed by atoms with van der Waals surface area (Å²) in [5, 5.41) is 1.25. The third kappa shape index (κ3) is 2.35. The first-order chi connectivity index (χ1) is 9.16. The number of carbonyl (C=O) groups excluding carboxylic acids is 1. The van der Waals surface area contributed by atoms with Crippen molar-refractivity contribution in [2.75, 3.05) is 11.4 Å². The normalized spacial score (nSPS) is 23.5. The number of piperidine rings is 1. The molecule has 0 aromatic heterocycles. The van der Waals surface area contributed by atoms with E-state index in [0.29, 0.717) is 22.6 Å². The molecule has 1 unspecified atom stereocenters. The van der Waals surface area contributed by atoms with E-state index in [0.717, 1.165) is 25.1 Å². The molecule has 1 aromatic carbocycles. The molecule has 1 amide bonds. The Hall–Kier alpha value is -1.13. The van der Waals surface area contributed by atoms with Crippen molar-refractivity contribution in [3.63, 3.8) is 0 Å². The highest BCUT2D eigenvalue weighted by Crippen LogP contribution is 2.30. The number of hydrogen-bond donors (Lipinski definition) is 0. The number of halogens is 1.